The summed E-state index contributed by atoms with van der Waals surface area (Å²) < 4.78 is 69.2. The zero-order valence-corrected chi connectivity index (χ0v) is 28.0. The minimum Gasteiger partial charge on any atom is -0.490 e. The zero-order chi connectivity index (χ0) is 33.6. The van der Waals surface area contributed by atoms with Gasteiger partial charge in [-0.3, -0.25) is 4.79 Å². The van der Waals surface area contributed by atoms with Gasteiger partial charge in [0.15, 0.2) is 5.78 Å². The molecule has 3 fully saturated rings. The molecule has 0 spiro atoms. The van der Waals surface area contributed by atoms with Gasteiger partial charge in [-0.2, -0.15) is 13.5 Å². The Labute approximate surface area is 285 Å². The number of benzene rings is 4. The fraction of sp³-hybridized carbons (Fsp3) is 0.395. The molecular weight excluding hydrogens is 654 g/mol. The molecule has 6 nitrogen and oxygen atoms in total. The molecular formula is C38H39ClF2N2O4S. The standard InChI is InChI=1S/C38H39ClF2N2O4S/c39-31-15-9-24(10-16-31)23-7-13-30(14-8-23)38(40,41)37(36(44)29-19-27-5-6-28(20-29)35(27)42)43-48(45,46)34-18-12-25-21-33(17-11-26(25)22-34)47-32-3-1-2-4-32/h7-18,21-22,27-29,32,35,37,43H,1-6,19-20,42H2. The van der Waals surface area contributed by atoms with Crippen molar-refractivity contribution in [3.05, 3.63) is 95.5 Å². The number of hydrogen-bond acceptors (Lipinski definition) is 5. The number of nitrogens with one attached hydrogen (secondary N) is 1. The number of carbonyl (C=O) groups is 1. The van der Waals surface area contributed by atoms with Crippen LogP contribution in [0.25, 0.3) is 21.9 Å². The number of fused-ring (bicyclic) bond motifs is 3. The molecule has 10 heteroatoms. The Morgan fingerprint density at radius 2 is 1.42 bits per heavy atom. The van der Waals surface area contributed by atoms with Crippen molar-refractivity contribution in [3.8, 4) is 16.9 Å². The molecule has 3 atom stereocenters. The summed E-state index contributed by atoms with van der Waals surface area (Å²) in [4.78, 5) is 13.9. The van der Waals surface area contributed by atoms with Crippen molar-refractivity contribution in [3.63, 3.8) is 0 Å². The molecule has 0 aliphatic heterocycles. The average Bonchev–Trinajstić information content (AvgIpc) is 3.65. The summed E-state index contributed by atoms with van der Waals surface area (Å²) in [7, 11) is -4.55. The molecule has 4 aromatic rings. The van der Waals surface area contributed by atoms with Gasteiger partial charge in [-0.15, -0.1) is 0 Å². The molecule has 0 saturated heterocycles. The monoisotopic (exact) mass is 692 g/mol. The highest BCUT2D eigenvalue weighted by Gasteiger charge is 2.52. The second-order valence-electron chi connectivity index (χ2n) is 13.7. The lowest BCUT2D eigenvalue weighted by Crippen LogP contribution is -2.54. The number of sulfonamides is 1. The van der Waals surface area contributed by atoms with Crippen LogP contribution >= 0.6 is 11.6 Å². The van der Waals surface area contributed by atoms with E-state index in [1.54, 1.807) is 42.5 Å². The smallest absolute Gasteiger partial charge is 0.296 e. The first kappa shape index (κ1) is 33.1. The lowest BCUT2D eigenvalue weighted by Gasteiger charge is -2.36. The molecule has 0 amide bonds. The molecule has 0 heterocycles. The third-order valence-electron chi connectivity index (χ3n) is 10.6. The van der Waals surface area contributed by atoms with E-state index in [0.29, 0.717) is 34.6 Å². The van der Waals surface area contributed by atoms with Crippen molar-refractivity contribution in [1.29, 1.82) is 0 Å². The normalized spacial score (nSPS) is 23.8. The van der Waals surface area contributed by atoms with Crippen LogP contribution in [0.4, 0.5) is 8.78 Å². The highest BCUT2D eigenvalue weighted by Crippen LogP contribution is 2.46. The Kier molecular flexibility index (Phi) is 9.08. The molecule has 0 radical (unpaired) electrons. The summed E-state index contributed by atoms with van der Waals surface area (Å²) in [5, 5.41) is 1.93. The van der Waals surface area contributed by atoms with E-state index in [0.717, 1.165) is 49.5 Å². The van der Waals surface area contributed by atoms with Crippen LogP contribution in [0.3, 0.4) is 0 Å². The van der Waals surface area contributed by atoms with E-state index in [4.69, 9.17) is 22.1 Å². The Hall–Kier alpha value is -3.37. The van der Waals surface area contributed by atoms with Gasteiger partial charge in [0.25, 0.3) is 5.92 Å². The maximum Gasteiger partial charge on any atom is 0.296 e. The minimum absolute atomic E-state index is 0.0604. The number of Topliss-reactive ketones (excluding diaryl/α,β-unsaturated/α-hetero) is 1. The molecule has 3 unspecified atom stereocenters. The van der Waals surface area contributed by atoms with Gasteiger partial charge in [0.05, 0.1) is 11.0 Å². The van der Waals surface area contributed by atoms with E-state index in [2.05, 4.69) is 4.72 Å². The van der Waals surface area contributed by atoms with E-state index in [1.165, 1.54) is 36.4 Å². The highest BCUT2D eigenvalue weighted by molar-refractivity contribution is 7.89. The third kappa shape index (κ3) is 6.62. The number of ketones is 1. The van der Waals surface area contributed by atoms with Crippen LogP contribution < -0.4 is 15.2 Å². The van der Waals surface area contributed by atoms with Gasteiger partial charge in [-0.05, 0) is 121 Å². The molecule has 4 aromatic carbocycles. The maximum absolute atomic E-state index is 16.6. The third-order valence-corrected chi connectivity index (χ3v) is 12.3. The van der Waals surface area contributed by atoms with Gasteiger partial charge in [0.2, 0.25) is 10.0 Å². The van der Waals surface area contributed by atoms with Gasteiger partial charge in [-0.1, -0.05) is 60.1 Å². The first-order valence-electron chi connectivity index (χ1n) is 16.7. The number of hydrogen-bond donors (Lipinski definition) is 2. The number of carbonyl (C=O) groups excluding carboxylic acids is 1. The Balaban J connectivity index is 1.18. The molecule has 3 aliphatic rings. The summed E-state index contributed by atoms with van der Waals surface area (Å²) in [6, 6.07) is 20.1. The van der Waals surface area contributed by atoms with E-state index in [-0.39, 0.29) is 28.9 Å². The predicted molar refractivity (Wildman–Crippen MR) is 184 cm³/mol. The van der Waals surface area contributed by atoms with E-state index >= 15 is 8.78 Å². The first-order chi connectivity index (χ1) is 23.0. The number of halogens is 3. The van der Waals surface area contributed by atoms with Gasteiger partial charge < -0.3 is 10.5 Å². The average molecular weight is 693 g/mol. The summed E-state index contributed by atoms with van der Waals surface area (Å²) in [5.41, 5.74) is 7.37. The predicted octanol–water partition coefficient (Wildman–Crippen LogP) is 8.25. The first-order valence-corrected chi connectivity index (χ1v) is 18.6. The number of rotatable bonds is 10. The molecule has 7 rings (SSSR count). The SMILES string of the molecule is NC1C2CCC1CC(C(=O)C(NS(=O)(=O)c1ccc3cc(OC4CCCC4)ccc3c1)C(F)(F)c1ccc(-c3ccc(Cl)cc3)cc1)C2. The van der Waals surface area contributed by atoms with E-state index < -0.39 is 39.3 Å². The van der Waals surface area contributed by atoms with Gasteiger partial charge in [0, 0.05) is 22.5 Å². The maximum atomic E-state index is 16.6. The molecule has 2 bridgehead atoms. The molecule has 3 aliphatic carbocycles. The number of ether oxygens (including phenoxy) is 1. The fourth-order valence-corrected chi connectivity index (χ4v) is 9.28. The van der Waals surface area contributed by atoms with Crippen molar-refractivity contribution in [2.45, 2.75) is 80.4 Å². The van der Waals surface area contributed by atoms with Crippen molar-refractivity contribution in [2.75, 3.05) is 0 Å². The Bertz CT molecular complexity index is 1900. The van der Waals surface area contributed by atoms with Crippen LogP contribution in [0.5, 0.6) is 5.75 Å². The molecule has 3 N–H and O–H groups in total. The van der Waals surface area contributed by atoms with Crippen molar-refractivity contribution < 1.29 is 26.7 Å². The van der Waals surface area contributed by atoms with Crippen LogP contribution in [0.15, 0.2) is 89.8 Å². The fourth-order valence-electron chi connectivity index (χ4n) is 7.91. The summed E-state index contributed by atoms with van der Waals surface area (Å²) in [6.45, 7) is 0. The quantitative estimate of drug-likeness (QED) is 0.174. The number of alkyl halides is 2. The van der Waals surface area contributed by atoms with Crippen LogP contribution in [0.2, 0.25) is 5.02 Å². The van der Waals surface area contributed by atoms with Crippen LogP contribution in [-0.2, 0) is 20.7 Å². The topological polar surface area (TPSA) is 98.5 Å². The summed E-state index contributed by atoms with van der Waals surface area (Å²) in [5.74, 6) is -4.54. The van der Waals surface area contributed by atoms with Crippen molar-refractivity contribution >= 4 is 38.2 Å². The second-order valence-corrected chi connectivity index (χ2v) is 15.9. The van der Waals surface area contributed by atoms with Gasteiger partial charge in [0.1, 0.15) is 11.8 Å². The van der Waals surface area contributed by atoms with Crippen molar-refractivity contribution in [1.82, 2.24) is 4.72 Å². The Morgan fingerprint density at radius 1 is 0.833 bits per heavy atom. The minimum atomic E-state index is -4.55. The van der Waals surface area contributed by atoms with Crippen molar-refractivity contribution in [2.24, 2.45) is 23.5 Å². The van der Waals surface area contributed by atoms with Gasteiger partial charge >= 0.3 is 0 Å². The van der Waals surface area contributed by atoms with Gasteiger partial charge in [-0.25, -0.2) is 8.42 Å². The second kappa shape index (κ2) is 13.2. The van der Waals surface area contributed by atoms with E-state index in [1.807, 2.05) is 6.07 Å². The van der Waals surface area contributed by atoms with E-state index in [9.17, 15) is 13.2 Å². The highest BCUT2D eigenvalue weighted by atomic mass is 35.5. The molecule has 252 valence electrons. The molecule has 3 saturated carbocycles. The molecule has 48 heavy (non-hydrogen) atoms. The zero-order valence-electron chi connectivity index (χ0n) is 26.5. The van der Waals surface area contributed by atoms with Crippen LogP contribution in [0, 0.1) is 17.8 Å². The largest absolute Gasteiger partial charge is 0.490 e. The van der Waals surface area contributed by atoms with Crippen LogP contribution in [-0.4, -0.2) is 32.4 Å². The lowest BCUT2D eigenvalue weighted by atomic mass is 9.74. The molecule has 0 aromatic heterocycles. The lowest BCUT2D eigenvalue weighted by molar-refractivity contribution is -0.137. The summed E-state index contributed by atoms with van der Waals surface area (Å²) in [6.07, 6.45) is 6.91. The van der Waals surface area contributed by atoms with Crippen LogP contribution in [0.1, 0.15) is 56.9 Å². The summed E-state index contributed by atoms with van der Waals surface area (Å²) >= 11 is 6.00. The Morgan fingerprint density at radius 3 is 2.06 bits per heavy atom. The number of nitrogens with two attached hydrogens (primary N) is 1.